The molecule has 0 bridgehead atoms. The summed E-state index contributed by atoms with van der Waals surface area (Å²) in [7, 11) is 0. The van der Waals surface area contributed by atoms with E-state index in [9.17, 15) is 0 Å². The van der Waals surface area contributed by atoms with Gasteiger partial charge in [0.2, 0.25) is 0 Å². The summed E-state index contributed by atoms with van der Waals surface area (Å²) in [5.41, 5.74) is 1.15. The maximum absolute atomic E-state index is 4.82. The molecule has 0 aliphatic rings. The monoisotopic (exact) mass is 415 g/mol. The lowest BCUT2D eigenvalue weighted by atomic mass is 10.1. The Balaban J connectivity index is 2.44. The van der Waals surface area contributed by atoms with E-state index in [0.29, 0.717) is 5.92 Å². The van der Waals surface area contributed by atoms with E-state index in [1.807, 2.05) is 0 Å². The number of nitrogens with one attached hydrogen (secondary N) is 1. The second-order valence-corrected chi connectivity index (χ2v) is 7.96. The lowest BCUT2D eigenvalue weighted by molar-refractivity contribution is 0.632. The van der Waals surface area contributed by atoms with Gasteiger partial charge >= 0.3 is 0 Å². The molecule has 0 aromatic carbocycles. The second kappa shape index (κ2) is 7.54. The molecule has 0 aliphatic heterocycles. The van der Waals surface area contributed by atoms with Crippen LogP contribution in [0.4, 0.5) is 5.82 Å². The molecule has 2 aromatic rings. The molecule has 1 N–H and O–H groups in total. The highest BCUT2D eigenvalue weighted by Crippen LogP contribution is 2.29. The summed E-state index contributed by atoms with van der Waals surface area (Å²) >= 11 is 4.12. The highest BCUT2D eigenvalue weighted by molar-refractivity contribution is 14.1. The number of aryl methyl sites for hydroxylation is 1. The standard InChI is InChI=1S/C16H22IN3S/c1-5-8-18-16-14(17)12(9-10(2)3)19-15(20-16)13-7-6-11(4)21-13/h6-7,10H,5,8-9H2,1-4H3,(H,18,19,20). The normalized spacial score (nSPS) is 11.1. The van der Waals surface area contributed by atoms with Gasteiger partial charge < -0.3 is 5.32 Å². The Morgan fingerprint density at radius 2 is 2.05 bits per heavy atom. The van der Waals surface area contributed by atoms with Crippen LogP contribution in [-0.2, 0) is 6.42 Å². The SMILES string of the molecule is CCCNc1nc(-c2ccc(C)s2)nc(CC(C)C)c1I. The van der Waals surface area contributed by atoms with Crippen molar-refractivity contribution in [3.05, 3.63) is 26.3 Å². The number of halogens is 1. The predicted octanol–water partition coefficient (Wildman–Crippen LogP) is 5.14. The summed E-state index contributed by atoms with van der Waals surface area (Å²) in [4.78, 5) is 12.0. The van der Waals surface area contributed by atoms with Gasteiger partial charge in [-0.2, -0.15) is 0 Å². The van der Waals surface area contributed by atoms with Crippen molar-refractivity contribution >= 4 is 39.7 Å². The molecule has 0 saturated carbocycles. The van der Waals surface area contributed by atoms with Crippen molar-refractivity contribution < 1.29 is 0 Å². The maximum atomic E-state index is 4.82. The van der Waals surface area contributed by atoms with Crippen LogP contribution in [0.1, 0.15) is 37.8 Å². The lowest BCUT2D eigenvalue weighted by Crippen LogP contribution is -2.10. The summed E-state index contributed by atoms with van der Waals surface area (Å²) in [6.45, 7) is 9.68. The molecule has 0 atom stereocenters. The minimum Gasteiger partial charge on any atom is -0.369 e. The molecule has 2 aromatic heterocycles. The quantitative estimate of drug-likeness (QED) is 0.664. The first-order valence-corrected chi connectivity index (χ1v) is 9.27. The zero-order valence-corrected chi connectivity index (χ0v) is 16.0. The number of thiophene rings is 1. The molecule has 0 unspecified atom stereocenters. The Labute approximate surface area is 144 Å². The fourth-order valence-corrected chi connectivity index (χ4v) is 3.49. The molecule has 0 saturated heterocycles. The van der Waals surface area contributed by atoms with Crippen LogP contribution in [0, 0.1) is 16.4 Å². The van der Waals surface area contributed by atoms with Crippen molar-refractivity contribution in [2.24, 2.45) is 5.92 Å². The van der Waals surface area contributed by atoms with Gasteiger partial charge in [0, 0.05) is 11.4 Å². The van der Waals surface area contributed by atoms with E-state index in [1.54, 1.807) is 11.3 Å². The molecule has 0 spiro atoms. The zero-order valence-electron chi connectivity index (χ0n) is 13.0. The van der Waals surface area contributed by atoms with Crippen LogP contribution in [-0.4, -0.2) is 16.5 Å². The number of aromatic nitrogens is 2. The van der Waals surface area contributed by atoms with Crippen molar-refractivity contribution in [1.82, 2.24) is 9.97 Å². The van der Waals surface area contributed by atoms with Crippen molar-refractivity contribution in [2.45, 2.75) is 40.5 Å². The van der Waals surface area contributed by atoms with Crippen molar-refractivity contribution in [3.8, 4) is 10.7 Å². The Bertz CT molecular complexity index is 608. The van der Waals surface area contributed by atoms with E-state index in [1.165, 1.54) is 4.88 Å². The number of hydrogen-bond donors (Lipinski definition) is 1. The molecule has 0 radical (unpaired) electrons. The van der Waals surface area contributed by atoms with Gasteiger partial charge in [-0.25, -0.2) is 9.97 Å². The smallest absolute Gasteiger partial charge is 0.171 e. The van der Waals surface area contributed by atoms with E-state index in [4.69, 9.17) is 9.97 Å². The molecule has 21 heavy (non-hydrogen) atoms. The van der Waals surface area contributed by atoms with Crippen LogP contribution in [0.15, 0.2) is 12.1 Å². The van der Waals surface area contributed by atoms with E-state index < -0.39 is 0 Å². The highest BCUT2D eigenvalue weighted by atomic mass is 127. The van der Waals surface area contributed by atoms with Gasteiger partial charge in [0.05, 0.1) is 14.1 Å². The van der Waals surface area contributed by atoms with Gasteiger partial charge in [0.1, 0.15) is 5.82 Å². The topological polar surface area (TPSA) is 37.8 Å². The molecular formula is C16H22IN3S. The summed E-state index contributed by atoms with van der Waals surface area (Å²) < 4.78 is 1.16. The lowest BCUT2D eigenvalue weighted by Gasteiger charge is -2.13. The summed E-state index contributed by atoms with van der Waals surface area (Å²) in [6.07, 6.45) is 2.08. The number of anilines is 1. The third-order valence-corrected chi connectivity index (χ3v) is 5.15. The first kappa shape index (κ1) is 16.7. The van der Waals surface area contributed by atoms with Crippen LogP contribution in [0.25, 0.3) is 10.7 Å². The van der Waals surface area contributed by atoms with Crippen LogP contribution >= 0.6 is 33.9 Å². The van der Waals surface area contributed by atoms with Gasteiger partial charge in [0.15, 0.2) is 5.82 Å². The van der Waals surface area contributed by atoms with E-state index in [2.05, 4.69) is 67.7 Å². The first-order valence-electron chi connectivity index (χ1n) is 7.38. The van der Waals surface area contributed by atoms with Gasteiger partial charge in [-0.1, -0.05) is 20.8 Å². The van der Waals surface area contributed by atoms with Crippen molar-refractivity contribution in [1.29, 1.82) is 0 Å². The Kier molecular flexibility index (Phi) is 5.98. The van der Waals surface area contributed by atoms with Gasteiger partial charge in [0.25, 0.3) is 0 Å². The Hall–Kier alpha value is -0.690. The van der Waals surface area contributed by atoms with Gasteiger partial charge in [-0.3, -0.25) is 0 Å². The van der Waals surface area contributed by atoms with E-state index in [-0.39, 0.29) is 0 Å². The van der Waals surface area contributed by atoms with Crippen LogP contribution in [0.2, 0.25) is 0 Å². The third kappa shape index (κ3) is 4.39. The zero-order chi connectivity index (χ0) is 15.4. The Morgan fingerprint density at radius 1 is 1.29 bits per heavy atom. The fourth-order valence-electron chi connectivity index (χ4n) is 2.04. The van der Waals surface area contributed by atoms with E-state index >= 15 is 0 Å². The summed E-state index contributed by atoms with van der Waals surface area (Å²) in [6, 6.07) is 4.24. The molecule has 0 amide bonds. The first-order chi connectivity index (χ1) is 10.0. The summed E-state index contributed by atoms with van der Waals surface area (Å²) in [5, 5.41) is 3.44. The molecule has 5 heteroatoms. The van der Waals surface area contributed by atoms with E-state index in [0.717, 1.165) is 45.2 Å². The minimum absolute atomic E-state index is 0.588. The molecule has 0 aliphatic carbocycles. The average Bonchev–Trinajstić information content (AvgIpc) is 2.86. The molecule has 2 rings (SSSR count). The van der Waals surface area contributed by atoms with Crippen LogP contribution < -0.4 is 5.32 Å². The Morgan fingerprint density at radius 3 is 2.62 bits per heavy atom. The van der Waals surface area contributed by atoms with Gasteiger partial charge in [-0.15, -0.1) is 11.3 Å². The molecule has 2 heterocycles. The van der Waals surface area contributed by atoms with Crippen molar-refractivity contribution in [2.75, 3.05) is 11.9 Å². The minimum atomic E-state index is 0.588. The average molecular weight is 415 g/mol. The third-order valence-electron chi connectivity index (χ3n) is 3.02. The number of nitrogens with zero attached hydrogens (tertiary/aromatic N) is 2. The second-order valence-electron chi connectivity index (χ2n) is 5.59. The number of rotatable bonds is 6. The molecule has 114 valence electrons. The van der Waals surface area contributed by atoms with Crippen LogP contribution in [0.3, 0.4) is 0 Å². The molecule has 3 nitrogen and oxygen atoms in total. The summed E-state index contributed by atoms with van der Waals surface area (Å²) in [5.74, 6) is 2.41. The maximum Gasteiger partial charge on any atom is 0.171 e. The molecular weight excluding hydrogens is 393 g/mol. The highest BCUT2D eigenvalue weighted by Gasteiger charge is 2.15. The number of hydrogen-bond acceptors (Lipinski definition) is 4. The van der Waals surface area contributed by atoms with Crippen LogP contribution in [0.5, 0.6) is 0 Å². The van der Waals surface area contributed by atoms with Crippen molar-refractivity contribution in [3.63, 3.8) is 0 Å². The van der Waals surface area contributed by atoms with Gasteiger partial charge in [-0.05, 0) is 60.4 Å². The fraction of sp³-hybridized carbons (Fsp3) is 0.500. The predicted molar refractivity (Wildman–Crippen MR) is 100 cm³/mol. The largest absolute Gasteiger partial charge is 0.369 e. The molecule has 0 fully saturated rings.